The van der Waals surface area contributed by atoms with Crippen LogP contribution >= 0.6 is 0 Å². The van der Waals surface area contributed by atoms with E-state index in [9.17, 15) is 4.79 Å². The summed E-state index contributed by atoms with van der Waals surface area (Å²) < 4.78 is 5.21. The van der Waals surface area contributed by atoms with Crippen LogP contribution in [0.5, 0.6) is 0 Å². The number of hydrogen-bond acceptors (Lipinski definition) is 4. The van der Waals surface area contributed by atoms with Crippen molar-refractivity contribution in [3.63, 3.8) is 0 Å². The van der Waals surface area contributed by atoms with Crippen LogP contribution in [0.2, 0.25) is 0 Å². The number of nitrogens with zero attached hydrogens (tertiary/aromatic N) is 1. The molecule has 0 saturated heterocycles. The van der Waals surface area contributed by atoms with Crippen LogP contribution in [-0.4, -0.2) is 23.1 Å². The van der Waals surface area contributed by atoms with Crippen LogP contribution in [0.25, 0.3) is 0 Å². The van der Waals surface area contributed by atoms with Gasteiger partial charge in [0.25, 0.3) is 0 Å². The highest BCUT2D eigenvalue weighted by Crippen LogP contribution is 2.10. The van der Waals surface area contributed by atoms with Gasteiger partial charge in [-0.1, -0.05) is 0 Å². The average molecular weight is 236 g/mol. The van der Waals surface area contributed by atoms with E-state index in [1.54, 1.807) is 12.4 Å². The molecule has 0 amide bonds. The van der Waals surface area contributed by atoms with E-state index in [1.165, 1.54) is 0 Å². The Morgan fingerprint density at radius 2 is 2.00 bits per heavy atom. The second kappa shape index (κ2) is 5.77. The number of pyridine rings is 1. The molecule has 1 N–H and O–H groups in total. The molecule has 94 valence electrons. The molecule has 1 atom stereocenters. The third-order valence-electron chi connectivity index (χ3n) is 2.18. The fraction of sp³-hybridized carbons (Fsp3) is 0.538. The lowest BCUT2D eigenvalue weighted by molar-refractivity contribution is -0.153. The molecule has 4 heteroatoms. The zero-order valence-corrected chi connectivity index (χ0v) is 10.9. The van der Waals surface area contributed by atoms with Gasteiger partial charge in [-0.15, -0.1) is 0 Å². The van der Waals surface area contributed by atoms with Gasteiger partial charge >= 0.3 is 5.97 Å². The van der Waals surface area contributed by atoms with E-state index in [2.05, 4.69) is 10.3 Å². The fourth-order valence-electron chi connectivity index (χ4n) is 1.38. The molecule has 1 aromatic heterocycles. The summed E-state index contributed by atoms with van der Waals surface area (Å²) in [4.78, 5) is 15.4. The molecule has 0 aliphatic rings. The van der Waals surface area contributed by atoms with Crippen molar-refractivity contribution < 1.29 is 9.53 Å². The summed E-state index contributed by atoms with van der Waals surface area (Å²) in [7, 11) is 0. The predicted molar refractivity (Wildman–Crippen MR) is 66.5 cm³/mol. The number of rotatable bonds is 4. The van der Waals surface area contributed by atoms with Crippen molar-refractivity contribution in [1.82, 2.24) is 10.3 Å². The molecule has 0 bridgehead atoms. The van der Waals surface area contributed by atoms with Gasteiger partial charge in [0, 0.05) is 18.4 Å². The molecule has 1 aromatic rings. The van der Waals surface area contributed by atoms with Crippen molar-refractivity contribution in [3.8, 4) is 0 Å². The van der Waals surface area contributed by atoms with Gasteiger partial charge in [0.15, 0.2) is 0 Å². The minimum absolute atomic E-state index is 0.102. The smallest absolute Gasteiger partial charge is 0.320 e. The number of nitrogens with one attached hydrogen (secondary N) is 1. The number of carbonyl (C=O) groups excluding carboxylic acids is 1. The average Bonchev–Trinajstić information content (AvgIpc) is 2.25. The number of hydrogen-bond donors (Lipinski definition) is 1. The maximum absolute atomic E-state index is 11.5. The predicted octanol–water partition coefficient (Wildman–Crippen LogP) is 2.07. The van der Waals surface area contributed by atoms with Crippen LogP contribution in [0, 0.1) is 0 Å². The van der Waals surface area contributed by atoms with Gasteiger partial charge < -0.3 is 10.1 Å². The molecule has 0 saturated carbocycles. The van der Waals surface area contributed by atoms with Crippen LogP contribution in [0.4, 0.5) is 0 Å². The molecular formula is C13H20N2O2. The Kier molecular flexibility index (Phi) is 4.63. The standard InChI is InChI=1S/C13H20N2O2/c1-10(11-5-7-14-8-6-11)15-9-12(16)17-13(2,3)4/h5-8,10,15H,9H2,1-4H3. The zero-order chi connectivity index (χ0) is 12.9. The van der Waals surface area contributed by atoms with Crippen LogP contribution in [0.3, 0.4) is 0 Å². The van der Waals surface area contributed by atoms with Gasteiger partial charge in [-0.2, -0.15) is 0 Å². The topological polar surface area (TPSA) is 51.2 Å². The summed E-state index contributed by atoms with van der Waals surface area (Å²) in [5.41, 5.74) is 0.669. The van der Waals surface area contributed by atoms with Crippen molar-refractivity contribution in [1.29, 1.82) is 0 Å². The van der Waals surface area contributed by atoms with Crippen LogP contribution in [0.15, 0.2) is 24.5 Å². The molecule has 1 heterocycles. The van der Waals surface area contributed by atoms with E-state index in [0.29, 0.717) is 0 Å². The molecule has 0 radical (unpaired) electrons. The van der Waals surface area contributed by atoms with Crippen molar-refractivity contribution in [2.75, 3.05) is 6.54 Å². The third kappa shape index (κ3) is 5.45. The molecule has 0 aliphatic heterocycles. The van der Waals surface area contributed by atoms with E-state index in [1.807, 2.05) is 39.8 Å². The minimum atomic E-state index is -0.432. The lowest BCUT2D eigenvalue weighted by Gasteiger charge is -2.20. The van der Waals surface area contributed by atoms with Gasteiger partial charge in [0.1, 0.15) is 5.60 Å². The molecule has 0 fully saturated rings. The summed E-state index contributed by atoms with van der Waals surface area (Å²) in [5.74, 6) is -0.238. The lowest BCUT2D eigenvalue weighted by atomic mass is 10.1. The van der Waals surface area contributed by atoms with Crippen molar-refractivity contribution >= 4 is 5.97 Å². The summed E-state index contributed by atoms with van der Waals surface area (Å²) in [6.07, 6.45) is 3.47. The second-order valence-electron chi connectivity index (χ2n) is 4.97. The Balaban J connectivity index is 2.39. The fourth-order valence-corrected chi connectivity index (χ4v) is 1.38. The van der Waals surface area contributed by atoms with Gasteiger partial charge in [0.2, 0.25) is 0 Å². The molecule has 0 aromatic carbocycles. The zero-order valence-electron chi connectivity index (χ0n) is 10.9. The van der Waals surface area contributed by atoms with Crippen molar-refractivity contribution in [3.05, 3.63) is 30.1 Å². The van der Waals surface area contributed by atoms with E-state index in [4.69, 9.17) is 4.74 Å². The first-order valence-electron chi connectivity index (χ1n) is 5.73. The van der Waals surface area contributed by atoms with Crippen molar-refractivity contribution in [2.45, 2.75) is 39.3 Å². The van der Waals surface area contributed by atoms with Crippen LogP contribution in [0.1, 0.15) is 39.3 Å². The van der Waals surface area contributed by atoms with Gasteiger partial charge in [-0.25, -0.2) is 0 Å². The van der Waals surface area contributed by atoms with Crippen LogP contribution < -0.4 is 5.32 Å². The van der Waals surface area contributed by atoms with E-state index < -0.39 is 5.60 Å². The minimum Gasteiger partial charge on any atom is -0.459 e. The van der Waals surface area contributed by atoms with Gasteiger partial charge in [-0.3, -0.25) is 9.78 Å². The SMILES string of the molecule is CC(NCC(=O)OC(C)(C)C)c1ccncc1. The maximum Gasteiger partial charge on any atom is 0.320 e. The van der Waals surface area contributed by atoms with Crippen LogP contribution in [-0.2, 0) is 9.53 Å². The van der Waals surface area contributed by atoms with Gasteiger partial charge in [0.05, 0.1) is 6.54 Å². The molecule has 17 heavy (non-hydrogen) atoms. The Hall–Kier alpha value is -1.42. The quantitative estimate of drug-likeness (QED) is 0.813. The summed E-state index contributed by atoms with van der Waals surface area (Å²) >= 11 is 0. The molecule has 0 spiro atoms. The largest absolute Gasteiger partial charge is 0.459 e. The number of ether oxygens (including phenoxy) is 1. The van der Waals surface area contributed by atoms with Gasteiger partial charge in [-0.05, 0) is 45.4 Å². The summed E-state index contributed by atoms with van der Waals surface area (Å²) in [6, 6.07) is 3.95. The Morgan fingerprint density at radius 3 is 2.53 bits per heavy atom. The van der Waals surface area contributed by atoms with E-state index in [-0.39, 0.29) is 18.6 Å². The lowest BCUT2D eigenvalue weighted by Crippen LogP contribution is -2.32. The Bertz CT molecular complexity index is 357. The molecule has 1 unspecified atom stereocenters. The monoisotopic (exact) mass is 236 g/mol. The van der Waals surface area contributed by atoms with E-state index in [0.717, 1.165) is 5.56 Å². The Labute approximate surface area is 102 Å². The molecular weight excluding hydrogens is 216 g/mol. The Morgan fingerprint density at radius 1 is 1.41 bits per heavy atom. The highest BCUT2D eigenvalue weighted by Gasteiger charge is 2.16. The third-order valence-corrected chi connectivity index (χ3v) is 2.18. The molecule has 4 nitrogen and oxygen atoms in total. The normalized spacial score (nSPS) is 13.2. The highest BCUT2D eigenvalue weighted by molar-refractivity contribution is 5.72. The number of aromatic nitrogens is 1. The first-order valence-corrected chi connectivity index (χ1v) is 5.73. The van der Waals surface area contributed by atoms with Crippen molar-refractivity contribution in [2.24, 2.45) is 0 Å². The second-order valence-corrected chi connectivity index (χ2v) is 4.97. The first-order chi connectivity index (χ1) is 7.88. The number of carbonyl (C=O) groups is 1. The summed E-state index contributed by atoms with van der Waals surface area (Å²) in [5, 5.41) is 3.12. The summed E-state index contributed by atoms with van der Waals surface area (Å²) in [6.45, 7) is 7.78. The molecule has 1 rings (SSSR count). The first kappa shape index (κ1) is 13.6. The molecule has 0 aliphatic carbocycles. The highest BCUT2D eigenvalue weighted by atomic mass is 16.6. The van der Waals surface area contributed by atoms with E-state index >= 15 is 0 Å². The maximum atomic E-state index is 11.5. The number of esters is 1.